The van der Waals surface area contributed by atoms with E-state index in [1.807, 2.05) is 19.1 Å². The lowest BCUT2D eigenvalue weighted by atomic mass is 9.53. The van der Waals surface area contributed by atoms with Crippen LogP contribution in [0.2, 0.25) is 5.02 Å². The fourth-order valence-electron chi connectivity index (χ4n) is 4.20. The lowest BCUT2D eigenvalue weighted by molar-refractivity contribution is -0.286. The van der Waals surface area contributed by atoms with E-state index in [4.69, 9.17) is 26.5 Å². The summed E-state index contributed by atoms with van der Waals surface area (Å²) in [5, 5.41) is 38.7. The molecule has 4 unspecified atom stereocenters. The van der Waals surface area contributed by atoms with Crippen molar-refractivity contribution in [1.29, 1.82) is 21.2 Å². The van der Waals surface area contributed by atoms with E-state index < -0.39 is 34.5 Å². The molecule has 6 nitrogen and oxygen atoms in total. The summed E-state index contributed by atoms with van der Waals surface area (Å²) in [6.07, 6.45) is 0.154. The van der Waals surface area contributed by atoms with Crippen LogP contribution in [0.15, 0.2) is 24.3 Å². The lowest BCUT2D eigenvalue weighted by Crippen LogP contribution is -2.60. The van der Waals surface area contributed by atoms with Crippen LogP contribution in [0.5, 0.6) is 0 Å². The molecule has 132 valence electrons. The number of nitriles is 3. The summed E-state index contributed by atoms with van der Waals surface area (Å²) in [5.74, 6) is -2.60. The van der Waals surface area contributed by atoms with Crippen LogP contribution in [-0.2, 0) is 15.3 Å². The van der Waals surface area contributed by atoms with Gasteiger partial charge in [-0.1, -0.05) is 44.0 Å². The smallest absolute Gasteiger partial charge is 0.243 e. The van der Waals surface area contributed by atoms with Gasteiger partial charge in [-0.05, 0) is 18.6 Å². The summed E-state index contributed by atoms with van der Waals surface area (Å²) in [6.45, 7) is 3.58. The van der Waals surface area contributed by atoms with Gasteiger partial charge in [0.1, 0.15) is 0 Å². The van der Waals surface area contributed by atoms with Gasteiger partial charge in [0.05, 0.1) is 30.2 Å². The first kappa shape index (κ1) is 18.2. The second-order valence-electron chi connectivity index (χ2n) is 6.68. The van der Waals surface area contributed by atoms with Crippen LogP contribution >= 0.6 is 11.6 Å². The van der Waals surface area contributed by atoms with Gasteiger partial charge in [0, 0.05) is 10.6 Å². The molecule has 1 N–H and O–H groups in total. The highest BCUT2D eigenvalue weighted by atomic mass is 35.5. The largest absolute Gasteiger partial charge is 0.443 e. The number of rotatable bonds is 3. The quantitative estimate of drug-likeness (QED) is 0.869. The van der Waals surface area contributed by atoms with Gasteiger partial charge in [-0.2, -0.15) is 15.8 Å². The summed E-state index contributed by atoms with van der Waals surface area (Å²) < 4.78 is 12.1. The molecule has 4 atom stereocenters. The molecule has 7 heteroatoms. The number of fused-ring (bicyclic) bond motifs is 2. The van der Waals surface area contributed by atoms with E-state index in [1.165, 1.54) is 0 Å². The fourth-order valence-corrected chi connectivity index (χ4v) is 4.39. The zero-order valence-electron chi connectivity index (χ0n) is 14.4. The van der Waals surface area contributed by atoms with Gasteiger partial charge in [0.15, 0.2) is 10.8 Å². The number of ether oxygens (including phenoxy) is 2. The number of nitrogens with zero attached hydrogens (tertiary/aromatic N) is 3. The summed E-state index contributed by atoms with van der Waals surface area (Å²) >= 11 is 6.12. The topological polar surface area (TPSA) is 114 Å². The molecule has 0 aromatic heterocycles. The first-order valence-electron chi connectivity index (χ1n) is 8.34. The van der Waals surface area contributed by atoms with E-state index in [1.54, 1.807) is 31.2 Å². The van der Waals surface area contributed by atoms with Gasteiger partial charge in [-0.3, -0.25) is 5.41 Å². The number of benzene rings is 1. The molecular formula is C19H17ClN4O2. The Morgan fingerprint density at radius 2 is 1.92 bits per heavy atom. The van der Waals surface area contributed by atoms with E-state index in [2.05, 4.69) is 6.07 Å². The van der Waals surface area contributed by atoms with Crippen LogP contribution < -0.4 is 0 Å². The Kier molecular flexibility index (Phi) is 4.20. The van der Waals surface area contributed by atoms with Crippen LogP contribution in [0.3, 0.4) is 0 Å². The van der Waals surface area contributed by atoms with E-state index in [0.29, 0.717) is 23.4 Å². The van der Waals surface area contributed by atoms with Crippen molar-refractivity contribution in [2.45, 2.75) is 38.6 Å². The van der Waals surface area contributed by atoms with E-state index in [-0.39, 0.29) is 0 Å². The molecule has 2 fully saturated rings. The Labute approximate surface area is 157 Å². The van der Waals surface area contributed by atoms with Crippen LogP contribution in [0.1, 0.15) is 32.3 Å². The molecular weight excluding hydrogens is 352 g/mol. The van der Waals surface area contributed by atoms with Gasteiger partial charge in [0.2, 0.25) is 11.7 Å². The number of halogens is 1. The summed E-state index contributed by atoms with van der Waals surface area (Å²) in [6, 6.07) is 12.9. The van der Waals surface area contributed by atoms with E-state index in [0.717, 1.165) is 0 Å². The molecule has 2 heterocycles. The molecule has 3 rings (SSSR count). The third-order valence-corrected chi connectivity index (χ3v) is 5.80. The van der Waals surface area contributed by atoms with Crippen LogP contribution in [0.4, 0.5) is 0 Å². The zero-order valence-corrected chi connectivity index (χ0v) is 15.2. The second-order valence-corrected chi connectivity index (χ2v) is 7.11. The van der Waals surface area contributed by atoms with Crippen molar-refractivity contribution < 1.29 is 9.47 Å². The maximum atomic E-state index is 10.1. The van der Waals surface area contributed by atoms with Gasteiger partial charge in [-0.25, -0.2) is 0 Å². The van der Waals surface area contributed by atoms with Crippen molar-refractivity contribution >= 4 is 17.5 Å². The molecule has 2 aliphatic rings. The predicted molar refractivity (Wildman–Crippen MR) is 92.6 cm³/mol. The molecule has 0 aliphatic carbocycles. The minimum absolute atomic E-state index is 0.385. The maximum absolute atomic E-state index is 10.1. The van der Waals surface area contributed by atoms with Crippen molar-refractivity contribution in [3.8, 4) is 18.2 Å². The molecule has 1 aromatic carbocycles. The Balaban J connectivity index is 2.32. The Hall–Kier alpha value is -2.59. The second kappa shape index (κ2) is 5.99. The molecule has 2 aliphatic heterocycles. The van der Waals surface area contributed by atoms with Crippen molar-refractivity contribution in [2.24, 2.45) is 16.7 Å². The molecule has 26 heavy (non-hydrogen) atoms. The first-order valence-corrected chi connectivity index (χ1v) is 8.72. The monoisotopic (exact) mass is 368 g/mol. The van der Waals surface area contributed by atoms with Gasteiger partial charge in [-0.15, -0.1) is 0 Å². The Morgan fingerprint density at radius 3 is 2.46 bits per heavy atom. The fraction of sp³-hybridized carbons (Fsp3) is 0.474. The zero-order chi connectivity index (χ0) is 19.2. The summed E-state index contributed by atoms with van der Waals surface area (Å²) in [7, 11) is 0. The minimum Gasteiger partial charge on any atom is -0.443 e. The van der Waals surface area contributed by atoms with Crippen LogP contribution in [0, 0.1) is 56.2 Å². The average molecular weight is 369 g/mol. The molecule has 1 aromatic rings. The average Bonchev–Trinajstić information content (AvgIpc) is 2.80. The van der Waals surface area contributed by atoms with Gasteiger partial charge in [0.25, 0.3) is 0 Å². The van der Waals surface area contributed by atoms with Crippen LogP contribution in [-0.4, -0.2) is 12.0 Å². The molecule has 2 bridgehead atoms. The van der Waals surface area contributed by atoms with Crippen molar-refractivity contribution in [3.63, 3.8) is 0 Å². The molecule has 0 radical (unpaired) electrons. The van der Waals surface area contributed by atoms with Crippen molar-refractivity contribution in [2.75, 3.05) is 0 Å². The highest BCUT2D eigenvalue weighted by molar-refractivity contribution is 6.30. The third-order valence-electron chi connectivity index (χ3n) is 5.56. The Bertz CT molecular complexity index is 882. The predicted octanol–water partition coefficient (Wildman–Crippen LogP) is 3.88. The number of hydrogen-bond acceptors (Lipinski definition) is 6. The molecule has 0 spiro atoms. The highest BCUT2D eigenvalue weighted by Gasteiger charge is 2.79. The first-order chi connectivity index (χ1) is 12.4. The summed E-state index contributed by atoms with van der Waals surface area (Å²) in [4.78, 5) is 0. The van der Waals surface area contributed by atoms with E-state index >= 15 is 0 Å². The summed E-state index contributed by atoms with van der Waals surface area (Å²) in [5.41, 5.74) is -2.99. The van der Waals surface area contributed by atoms with Crippen molar-refractivity contribution in [3.05, 3.63) is 34.9 Å². The normalized spacial score (nSPS) is 34.2. The lowest BCUT2D eigenvalue weighted by Gasteiger charge is -2.48. The molecule has 2 saturated heterocycles. The SMILES string of the molecule is CCCC1OC2(c3cccc(Cl)c3)OC(=N)C(C#N)(C2C)C1(C#N)C#N. The van der Waals surface area contributed by atoms with Crippen LogP contribution in [0.25, 0.3) is 0 Å². The van der Waals surface area contributed by atoms with Gasteiger partial charge >= 0.3 is 0 Å². The minimum atomic E-state index is -1.83. The maximum Gasteiger partial charge on any atom is 0.243 e. The third kappa shape index (κ3) is 1.91. The number of nitrogens with one attached hydrogen (secondary N) is 1. The Morgan fingerprint density at radius 1 is 1.23 bits per heavy atom. The standard InChI is InChI=1S/C19H17ClN4O2/c1-3-5-15-17(9-21,10-22)18(11-23)12(2)19(25-15,26-16(18)24)13-6-4-7-14(20)8-13/h4,6-8,12,15,24H,3,5H2,1-2H3. The molecule has 0 saturated carbocycles. The van der Waals surface area contributed by atoms with Gasteiger partial charge < -0.3 is 9.47 Å². The number of hydrogen-bond donors (Lipinski definition) is 1. The van der Waals surface area contributed by atoms with Crippen molar-refractivity contribution in [1.82, 2.24) is 0 Å². The highest BCUT2D eigenvalue weighted by Crippen LogP contribution is 2.66. The van der Waals surface area contributed by atoms with E-state index in [9.17, 15) is 15.8 Å². The molecule has 0 amide bonds.